The van der Waals surface area contributed by atoms with Crippen molar-refractivity contribution in [2.75, 3.05) is 0 Å². The maximum absolute atomic E-state index is 11.9. The summed E-state index contributed by atoms with van der Waals surface area (Å²) in [5.74, 6) is -0.236. The summed E-state index contributed by atoms with van der Waals surface area (Å²) in [6.07, 6.45) is -0.410. The number of ether oxygens (including phenoxy) is 2. The summed E-state index contributed by atoms with van der Waals surface area (Å²) < 4.78 is 11.0. The second kappa shape index (κ2) is 8.23. The van der Waals surface area contributed by atoms with Crippen molar-refractivity contribution >= 4 is 12.1 Å². The number of nitrogens with one attached hydrogen (secondary N) is 1. The lowest BCUT2D eigenvalue weighted by molar-refractivity contribution is -0.137. The molecule has 0 spiro atoms. The van der Waals surface area contributed by atoms with Crippen molar-refractivity contribution in [3.8, 4) is 5.75 Å². The van der Waals surface area contributed by atoms with E-state index in [1.54, 1.807) is 20.8 Å². The lowest BCUT2D eigenvalue weighted by Gasteiger charge is -2.23. The number of carboxylic acids is 1. The van der Waals surface area contributed by atoms with Gasteiger partial charge in [0.25, 0.3) is 0 Å². The summed E-state index contributed by atoms with van der Waals surface area (Å²) in [5, 5.41) is 11.7. The Labute approximate surface area is 149 Å². The molecule has 0 saturated heterocycles. The summed E-state index contributed by atoms with van der Waals surface area (Å²) in [6.45, 7) is 11.2. The van der Waals surface area contributed by atoms with Crippen LogP contribution in [0.1, 0.15) is 53.5 Å². The Morgan fingerprint density at radius 2 is 1.60 bits per heavy atom. The molecule has 1 aromatic carbocycles. The average Bonchev–Trinajstić information content (AvgIpc) is 2.36. The molecular weight excluding hydrogens is 322 g/mol. The van der Waals surface area contributed by atoms with Crippen molar-refractivity contribution in [1.29, 1.82) is 0 Å². The third kappa shape index (κ3) is 9.59. The van der Waals surface area contributed by atoms with Crippen LogP contribution in [-0.4, -0.2) is 34.4 Å². The van der Waals surface area contributed by atoms with Crippen molar-refractivity contribution in [3.05, 3.63) is 29.8 Å². The maximum Gasteiger partial charge on any atom is 0.407 e. The number of amides is 1. The van der Waals surface area contributed by atoms with Gasteiger partial charge in [0.05, 0.1) is 6.42 Å². The van der Waals surface area contributed by atoms with E-state index in [1.807, 2.05) is 45.0 Å². The third-order valence-electron chi connectivity index (χ3n) is 2.97. The molecule has 0 aromatic heterocycles. The number of carbonyl (C=O) groups is 2. The van der Waals surface area contributed by atoms with Crippen LogP contribution < -0.4 is 10.1 Å². The van der Waals surface area contributed by atoms with Gasteiger partial charge in [-0.25, -0.2) is 4.79 Å². The van der Waals surface area contributed by atoms with E-state index < -0.39 is 23.7 Å². The fourth-order valence-corrected chi connectivity index (χ4v) is 2.19. The van der Waals surface area contributed by atoms with Crippen molar-refractivity contribution in [2.45, 2.75) is 71.6 Å². The largest absolute Gasteiger partial charge is 0.488 e. The highest BCUT2D eigenvalue weighted by molar-refractivity contribution is 5.71. The first kappa shape index (κ1) is 20.8. The van der Waals surface area contributed by atoms with Gasteiger partial charge < -0.3 is 19.9 Å². The zero-order valence-corrected chi connectivity index (χ0v) is 15.9. The van der Waals surface area contributed by atoms with E-state index in [0.717, 1.165) is 11.3 Å². The molecule has 0 fully saturated rings. The monoisotopic (exact) mass is 351 g/mol. The van der Waals surface area contributed by atoms with Gasteiger partial charge in [-0.05, 0) is 65.7 Å². The van der Waals surface area contributed by atoms with E-state index in [-0.39, 0.29) is 12.0 Å². The minimum absolute atomic E-state index is 0.181. The molecule has 6 heteroatoms. The predicted molar refractivity (Wildman–Crippen MR) is 95.9 cm³/mol. The summed E-state index contributed by atoms with van der Waals surface area (Å²) in [4.78, 5) is 23.0. The fraction of sp³-hybridized carbons (Fsp3) is 0.579. The van der Waals surface area contributed by atoms with Gasteiger partial charge in [-0.1, -0.05) is 12.1 Å². The Kier molecular flexibility index (Phi) is 6.85. The van der Waals surface area contributed by atoms with E-state index in [2.05, 4.69) is 5.32 Å². The molecule has 1 atom stereocenters. The minimum Gasteiger partial charge on any atom is -0.488 e. The van der Waals surface area contributed by atoms with Crippen molar-refractivity contribution in [2.24, 2.45) is 0 Å². The molecule has 0 radical (unpaired) electrons. The fourth-order valence-electron chi connectivity index (χ4n) is 2.19. The summed E-state index contributed by atoms with van der Waals surface area (Å²) >= 11 is 0. The lowest BCUT2D eigenvalue weighted by atomic mass is 10.0. The molecule has 0 saturated carbocycles. The van der Waals surface area contributed by atoms with Gasteiger partial charge in [0.15, 0.2) is 0 Å². The molecule has 1 rings (SSSR count). The molecule has 0 aliphatic heterocycles. The standard InChI is InChI=1S/C19H29NO5/c1-18(2,3)24-15-9-7-13(8-10-15)11-14(12-16(21)22)20-17(23)25-19(4,5)6/h7-10,14H,11-12H2,1-6H3,(H,20,23)(H,21,22)/t14-/m0/s1. The van der Waals surface area contributed by atoms with Crippen LogP contribution in [0.3, 0.4) is 0 Å². The predicted octanol–water partition coefficient (Wildman–Crippen LogP) is 3.77. The number of alkyl carbamates (subject to hydrolysis) is 1. The number of carbonyl (C=O) groups excluding carboxylic acids is 1. The van der Waals surface area contributed by atoms with Crippen LogP contribution in [0.15, 0.2) is 24.3 Å². The average molecular weight is 351 g/mol. The molecule has 140 valence electrons. The van der Waals surface area contributed by atoms with E-state index in [0.29, 0.717) is 6.42 Å². The molecule has 1 aromatic rings. The third-order valence-corrected chi connectivity index (χ3v) is 2.97. The van der Waals surface area contributed by atoms with E-state index in [1.165, 1.54) is 0 Å². The quantitative estimate of drug-likeness (QED) is 0.815. The van der Waals surface area contributed by atoms with Crippen LogP contribution >= 0.6 is 0 Å². The van der Waals surface area contributed by atoms with Crippen LogP contribution in [0.4, 0.5) is 4.79 Å². The molecule has 6 nitrogen and oxygen atoms in total. The van der Waals surface area contributed by atoms with Gasteiger partial charge in [-0.3, -0.25) is 4.79 Å². The molecule has 1 amide bonds. The van der Waals surface area contributed by atoms with E-state index in [9.17, 15) is 9.59 Å². The van der Waals surface area contributed by atoms with Crippen LogP contribution in [0.2, 0.25) is 0 Å². The first-order chi connectivity index (χ1) is 11.3. The van der Waals surface area contributed by atoms with E-state index in [4.69, 9.17) is 14.6 Å². The van der Waals surface area contributed by atoms with Crippen molar-refractivity contribution < 1.29 is 24.2 Å². The highest BCUT2D eigenvalue weighted by Crippen LogP contribution is 2.19. The first-order valence-corrected chi connectivity index (χ1v) is 8.33. The van der Waals surface area contributed by atoms with Crippen LogP contribution in [0.5, 0.6) is 5.75 Å². The number of benzene rings is 1. The van der Waals surface area contributed by atoms with Gasteiger partial charge in [0.1, 0.15) is 17.0 Å². The summed E-state index contributed by atoms with van der Waals surface area (Å²) in [7, 11) is 0. The minimum atomic E-state index is -0.978. The lowest BCUT2D eigenvalue weighted by Crippen LogP contribution is -2.41. The molecule has 0 aliphatic rings. The smallest absolute Gasteiger partial charge is 0.407 e. The molecule has 0 bridgehead atoms. The molecule has 0 aliphatic carbocycles. The zero-order valence-electron chi connectivity index (χ0n) is 15.9. The Morgan fingerprint density at radius 3 is 2.04 bits per heavy atom. The number of carboxylic acid groups (broad SMARTS) is 1. The molecule has 0 heterocycles. The van der Waals surface area contributed by atoms with Gasteiger partial charge in [0.2, 0.25) is 0 Å². The second-order valence-electron chi connectivity index (χ2n) is 8.00. The number of aliphatic carboxylic acids is 1. The number of hydrogen-bond acceptors (Lipinski definition) is 4. The first-order valence-electron chi connectivity index (χ1n) is 8.33. The van der Waals surface area contributed by atoms with Crippen molar-refractivity contribution in [3.63, 3.8) is 0 Å². The highest BCUT2D eigenvalue weighted by atomic mass is 16.6. The highest BCUT2D eigenvalue weighted by Gasteiger charge is 2.21. The van der Waals surface area contributed by atoms with E-state index >= 15 is 0 Å². The number of rotatable bonds is 6. The molecular formula is C19H29NO5. The molecule has 2 N–H and O–H groups in total. The van der Waals surface area contributed by atoms with Gasteiger partial charge >= 0.3 is 12.1 Å². The van der Waals surface area contributed by atoms with Crippen LogP contribution in [-0.2, 0) is 16.0 Å². The normalized spacial score (nSPS) is 13.0. The SMILES string of the molecule is CC(C)(C)OC(=O)N[C@H](CC(=O)O)Cc1ccc(OC(C)(C)C)cc1. The Balaban J connectivity index is 2.74. The van der Waals surface area contributed by atoms with Gasteiger partial charge in [-0.2, -0.15) is 0 Å². The number of hydrogen-bond donors (Lipinski definition) is 2. The topological polar surface area (TPSA) is 84.9 Å². The summed E-state index contributed by atoms with van der Waals surface area (Å²) in [5.41, 5.74) is -0.0151. The van der Waals surface area contributed by atoms with Crippen LogP contribution in [0, 0.1) is 0 Å². The Morgan fingerprint density at radius 1 is 1.04 bits per heavy atom. The van der Waals surface area contributed by atoms with Gasteiger partial charge in [-0.15, -0.1) is 0 Å². The Bertz CT molecular complexity index is 581. The maximum atomic E-state index is 11.9. The molecule has 25 heavy (non-hydrogen) atoms. The second-order valence-corrected chi connectivity index (χ2v) is 8.00. The summed E-state index contributed by atoms with van der Waals surface area (Å²) in [6, 6.07) is 6.86. The van der Waals surface area contributed by atoms with Crippen molar-refractivity contribution in [1.82, 2.24) is 5.32 Å². The Hall–Kier alpha value is -2.24. The zero-order chi connectivity index (χ0) is 19.3. The van der Waals surface area contributed by atoms with Gasteiger partial charge in [0, 0.05) is 6.04 Å². The van der Waals surface area contributed by atoms with Crippen LogP contribution in [0.25, 0.3) is 0 Å². The molecule has 0 unspecified atom stereocenters.